The number of benzene rings is 1. The van der Waals surface area contributed by atoms with Gasteiger partial charge in [-0.2, -0.15) is 0 Å². The molecule has 1 fully saturated rings. The van der Waals surface area contributed by atoms with E-state index in [2.05, 4.69) is 48.5 Å². The van der Waals surface area contributed by atoms with Gasteiger partial charge in [0.25, 0.3) is 0 Å². The molecule has 0 spiro atoms. The van der Waals surface area contributed by atoms with E-state index in [1.165, 1.54) is 0 Å². The first-order chi connectivity index (χ1) is 12.1. The van der Waals surface area contributed by atoms with Crippen molar-refractivity contribution in [2.24, 2.45) is 0 Å². The molecule has 0 bridgehead atoms. The largest absolute Gasteiger partial charge is 0.491 e. The number of nitrogens with zero attached hydrogens (tertiary/aromatic N) is 1. The summed E-state index contributed by atoms with van der Waals surface area (Å²) in [4.78, 5) is 2.29. The van der Waals surface area contributed by atoms with E-state index in [0.717, 1.165) is 10.2 Å². The number of hydrogen-bond donors (Lipinski definition) is 2. The number of likely N-dealkylation sites (tertiary alicyclic amines) is 1. The van der Waals surface area contributed by atoms with Gasteiger partial charge in [0.1, 0.15) is 12.4 Å². The van der Waals surface area contributed by atoms with Crippen LogP contribution in [-0.4, -0.2) is 64.8 Å². The SMILES string of the molecule is CC1(C)CC(O)CC(C)(C)N1C[C@H](O)COCCOc1ccc(Br)cc1. The number of hydrogen-bond acceptors (Lipinski definition) is 5. The molecule has 2 N–H and O–H groups in total. The van der Waals surface area contributed by atoms with Gasteiger partial charge in [-0.05, 0) is 64.8 Å². The fourth-order valence-corrected chi connectivity index (χ4v) is 4.26. The van der Waals surface area contributed by atoms with Crippen molar-refractivity contribution >= 4 is 15.9 Å². The summed E-state index contributed by atoms with van der Waals surface area (Å²) < 4.78 is 12.2. The van der Waals surface area contributed by atoms with Crippen molar-refractivity contribution in [2.45, 2.75) is 63.8 Å². The monoisotopic (exact) mass is 429 g/mol. The molecular weight excluding hydrogens is 398 g/mol. The van der Waals surface area contributed by atoms with Crippen LogP contribution in [0.3, 0.4) is 0 Å². The van der Waals surface area contributed by atoms with Crippen LogP contribution >= 0.6 is 15.9 Å². The Balaban J connectivity index is 1.72. The highest BCUT2D eigenvalue weighted by molar-refractivity contribution is 9.10. The molecule has 2 rings (SSSR count). The van der Waals surface area contributed by atoms with Crippen LogP contribution < -0.4 is 4.74 Å². The van der Waals surface area contributed by atoms with Gasteiger partial charge in [-0.3, -0.25) is 4.90 Å². The molecule has 1 aliphatic heterocycles. The second kappa shape index (κ2) is 9.02. The van der Waals surface area contributed by atoms with Crippen LogP contribution in [0, 0.1) is 0 Å². The summed E-state index contributed by atoms with van der Waals surface area (Å²) in [6, 6.07) is 7.65. The van der Waals surface area contributed by atoms with Crippen LogP contribution in [0.2, 0.25) is 0 Å². The highest BCUT2D eigenvalue weighted by Crippen LogP contribution is 2.38. The summed E-state index contributed by atoms with van der Waals surface area (Å²) in [5.41, 5.74) is -0.320. The van der Waals surface area contributed by atoms with Crippen molar-refractivity contribution in [3.63, 3.8) is 0 Å². The van der Waals surface area contributed by atoms with Crippen molar-refractivity contribution in [1.82, 2.24) is 4.90 Å². The van der Waals surface area contributed by atoms with E-state index < -0.39 is 6.10 Å². The summed E-state index contributed by atoms with van der Waals surface area (Å²) in [6.45, 7) is 10.2. The fourth-order valence-electron chi connectivity index (χ4n) is 3.99. The van der Waals surface area contributed by atoms with Gasteiger partial charge in [0.05, 0.1) is 25.4 Å². The molecule has 0 unspecified atom stereocenters. The van der Waals surface area contributed by atoms with E-state index in [4.69, 9.17) is 9.47 Å². The molecule has 0 amide bonds. The first-order valence-corrected chi connectivity index (χ1v) is 9.99. The van der Waals surface area contributed by atoms with Crippen LogP contribution in [0.5, 0.6) is 5.75 Å². The lowest BCUT2D eigenvalue weighted by molar-refractivity contribution is -0.105. The molecule has 0 saturated carbocycles. The summed E-state index contributed by atoms with van der Waals surface area (Å²) in [5.74, 6) is 0.799. The molecule has 5 nitrogen and oxygen atoms in total. The molecule has 1 atom stereocenters. The standard InChI is InChI=1S/C20H32BrNO4/c1-19(2)11-16(23)12-20(3,4)22(19)13-17(24)14-25-9-10-26-18-7-5-15(21)6-8-18/h5-8,16-17,23-24H,9-14H2,1-4H3/t17-/m0/s1. The molecule has 0 radical (unpaired) electrons. The smallest absolute Gasteiger partial charge is 0.119 e. The normalized spacial score (nSPS) is 21.5. The highest BCUT2D eigenvalue weighted by Gasteiger charge is 2.45. The minimum absolute atomic E-state index is 0.160. The zero-order chi connectivity index (χ0) is 19.4. The van der Waals surface area contributed by atoms with Crippen LogP contribution in [0.15, 0.2) is 28.7 Å². The van der Waals surface area contributed by atoms with Gasteiger partial charge in [0.2, 0.25) is 0 Å². The molecule has 1 aliphatic rings. The average molecular weight is 430 g/mol. The fraction of sp³-hybridized carbons (Fsp3) is 0.700. The zero-order valence-corrected chi connectivity index (χ0v) is 17.8. The van der Waals surface area contributed by atoms with Crippen molar-refractivity contribution in [1.29, 1.82) is 0 Å². The van der Waals surface area contributed by atoms with E-state index in [1.54, 1.807) is 0 Å². The van der Waals surface area contributed by atoms with Crippen LogP contribution in [-0.2, 0) is 4.74 Å². The van der Waals surface area contributed by atoms with Gasteiger partial charge in [0, 0.05) is 22.1 Å². The highest BCUT2D eigenvalue weighted by atomic mass is 79.9. The van der Waals surface area contributed by atoms with E-state index in [1.807, 2.05) is 24.3 Å². The van der Waals surface area contributed by atoms with Gasteiger partial charge >= 0.3 is 0 Å². The maximum atomic E-state index is 10.4. The Labute approximate surface area is 165 Å². The van der Waals surface area contributed by atoms with Crippen molar-refractivity contribution in [3.05, 3.63) is 28.7 Å². The number of aliphatic hydroxyl groups excluding tert-OH is 2. The third-order valence-electron chi connectivity index (χ3n) is 4.95. The molecule has 6 heteroatoms. The van der Waals surface area contributed by atoms with E-state index in [0.29, 0.717) is 32.6 Å². The number of piperidine rings is 1. The first-order valence-electron chi connectivity index (χ1n) is 9.20. The topological polar surface area (TPSA) is 62.2 Å². The zero-order valence-electron chi connectivity index (χ0n) is 16.2. The van der Waals surface area contributed by atoms with E-state index in [9.17, 15) is 10.2 Å². The molecule has 1 aromatic rings. The Morgan fingerprint density at radius 3 is 2.27 bits per heavy atom. The lowest BCUT2D eigenvalue weighted by atomic mass is 9.78. The lowest BCUT2D eigenvalue weighted by Gasteiger charge is -2.55. The van der Waals surface area contributed by atoms with Crippen molar-refractivity contribution in [2.75, 3.05) is 26.4 Å². The summed E-state index contributed by atoms with van der Waals surface area (Å²) >= 11 is 3.39. The van der Waals surface area contributed by atoms with E-state index in [-0.39, 0.29) is 23.8 Å². The van der Waals surface area contributed by atoms with Crippen molar-refractivity contribution in [3.8, 4) is 5.75 Å². The minimum atomic E-state index is -0.573. The van der Waals surface area contributed by atoms with Crippen LogP contribution in [0.1, 0.15) is 40.5 Å². The van der Waals surface area contributed by atoms with Gasteiger partial charge < -0.3 is 19.7 Å². The molecular formula is C20H32BrNO4. The van der Waals surface area contributed by atoms with E-state index >= 15 is 0 Å². The van der Waals surface area contributed by atoms with Gasteiger partial charge in [-0.1, -0.05) is 15.9 Å². The van der Waals surface area contributed by atoms with Gasteiger partial charge in [-0.15, -0.1) is 0 Å². The third-order valence-corrected chi connectivity index (χ3v) is 5.47. The lowest BCUT2D eigenvalue weighted by Crippen LogP contribution is -2.63. The first kappa shape index (κ1) is 21.6. The Kier molecular flexibility index (Phi) is 7.51. The van der Waals surface area contributed by atoms with Gasteiger partial charge in [0.15, 0.2) is 0 Å². The molecule has 148 valence electrons. The Morgan fingerprint density at radius 2 is 1.69 bits per heavy atom. The third kappa shape index (κ3) is 6.20. The Bertz CT molecular complexity index is 543. The number of halogens is 1. The number of β-amino-alcohol motifs (C(OH)–C–C–N with tert-alkyl or cyclic N) is 1. The summed E-state index contributed by atoms with van der Waals surface area (Å²) in [6.07, 6.45) is 0.563. The molecule has 0 aromatic heterocycles. The number of aliphatic hydroxyl groups is 2. The molecule has 1 heterocycles. The summed E-state index contributed by atoms with van der Waals surface area (Å²) in [7, 11) is 0. The number of ether oxygens (including phenoxy) is 2. The van der Waals surface area contributed by atoms with Crippen LogP contribution in [0.25, 0.3) is 0 Å². The number of rotatable bonds is 8. The second-order valence-corrected chi connectivity index (χ2v) is 9.24. The molecule has 1 saturated heterocycles. The average Bonchev–Trinajstić information content (AvgIpc) is 2.51. The predicted octanol–water partition coefficient (Wildman–Crippen LogP) is 3.22. The predicted molar refractivity (Wildman–Crippen MR) is 107 cm³/mol. The summed E-state index contributed by atoms with van der Waals surface area (Å²) in [5, 5.41) is 20.5. The van der Waals surface area contributed by atoms with Crippen molar-refractivity contribution < 1.29 is 19.7 Å². The van der Waals surface area contributed by atoms with Crippen LogP contribution in [0.4, 0.5) is 0 Å². The molecule has 0 aliphatic carbocycles. The van der Waals surface area contributed by atoms with Gasteiger partial charge in [-0.25, -0.2) is 0 Å². The maximum absolute atomic E-state index is 10.4. The quantitative estimate of drug-likeness (QED) is 0.621. The molecule has 1 aromatic carbocycles. The second-order valence-electron chi connectivity index (χ2n) is 8.33. The maximum Gasteiger partial charge on any atom is 0.119 e. The minimum Gasteiger partial charge on any atom is -0.491 e. The molecule has 26 heavy (non-hydrogen) atoms. The Morgan fingerprint density at radius 1 is 1.12 bits per heavy atom. The Hall–Kier alpha value is -0.660.